The van der Waals surface area contributed by atoms with Crippen LogP contribution in [0.15, 0.2) is 24.0 Å². The summed E-state index contributed by atoms with van der Waals surface area (Å²) in [5.74, 6) is -0.982. The number of carbonyl (C=O) groups excluding carboxylic acids is 3. The molecule has 0 aromatic heterocycles. The highest BCUT2D eigenvalue weighted by Crippen LogP contribution is 2.65. The quantitative estimate of drug-likeness (QED) is 0.385. The molecule has 1 spiro atoms. The number of amides is 2. The Morgan fingerprint density at radius 2 is 1.93 bits per heavy atom. The standard InChI is InChI=1S/C30H37N3O10/c1-15(31-25(34)18-6-5-12-33(18)28(37)38)26(35)41-16(2)27(36)42-20-9-10-30(39)21-14-17-7-8-19(40-4)23-22(17)29(30,24(20)43-23)11-13-32(21)3/h7-9,15-16,18,21,24,39H,5-6,10-14H2,1-4H3,(H,31,34)(H,37,38)/t15-,16-,18?,21+,24-,29-,30+/m0/s1. The molecular formula is C30H37N3O10. The molecule has 43 heavy (non-hydrogen) atoms. The molecule has 0 saturated carbocycles. The topological polar surface area (TPSA) is 164 Å². The van der Waals surface area contributed by atoms with Crippen molar-refractivity contribution in [2.45, 2.75) is 87.3 Å². The normalized spacial score (nSPS) is 31.6. The zero-order chi connectivity index (χ0) is 30.8. The molecule has 1 aromatic carbocycles. The van der Waals surface area contributed by atoms with Crippen molar-refractivity contribution in [2.75, 3.05) is 27.2 Å². The lowest BCUT2D eigenvalue weighted by Gasteiger charge is -2.61. The monoisotopic (exact) mass is 599 g/mol. The highest BCUT2D eigenvalue weighted by Gasteiger charge is 2.72. The molecule has 2 aliphatic carbocycles. The molecule has 5 aliphatic rings. The van der Waals surface area contributed by atoms with Gasteiger partial charge in [0.2, 0.25) is 5.91 Å². The number of hydrogen-bond donors (Lipinski definition) is 3. The molecule has 1 aromatic rings. The van der Waals surface area contributed by atoms with Crippen molar-refractivity contribution >= 4 is 23.9 Å². The van der Waals surface area contributed by atoms with Crippen LogP contribution in [0, 0.1) is 0 Å². The van der Waals surface area contributed by atoms with Crippen LogP contribution in [-0.2, 0) is 35.7 Å². The zero-order valence-electron chi connectivity index (χ0n) is 24.6. The largest absolute Gasteiger partial charge is 0.493 e. The Labute approximate surface area is 248 Å². The summed E-state index contributed by atoms with van der Waals surface area (Å²) in [7, 11) is 3.56. The zero-order valence-corrected chi connectivity index (χ0v) is 24.6. The second kappa shape index (κ2) is 10.4. The maximum Gasteiger partial charge on any atom is 0.407 e. The summed E-state index contributed by atoms with van der Waals surface area (Å²) in [5, 5.41) is 24.1. The Kier molecular flexibility index (Phi) is 7.08. The predicted octanol–water partition coefficient (Wildman–Crippen LogP) is 1.09. The van der Waals surface area contributed by atoms with Gasteiger partial charge in [-0.25, -0.2) is 14.4 Å². The van der Waals surface area contributed by atoms with Crippen molar-refractivity contribution in [2.24, 2.45) is 0 Å². The van der Waals surface area contributed by atoms with Crippen molar-refractivity contribution in [3.8, 4) is 11.5 Å². The number of likely N-dealkylation sites (N-methyl/N-ethyl adjacent to an activating group) is 1. The van der Waals surface area contributed by atoms with Gasteiger partial charge in [-0.05, 0) is 70.8 Å². The molecule has 3 N–H and O–H groups in total. The van der Waals surface area contributed by atoms with Crippen LogP contribution in [0.3, 0.4) is 0 Å². The number of methoxy groups -OCH3 is 1. The maximum atomic E-state index is 13.2. The van der Waals surface area contributed by atoms with E-state index in [1.54, 1.807) is 13.2 Å². The summed E-state index contributed by atoms with van der Waals surface area (Å²) in [6, 6.07) is 1.69. The number of ether oxygens (including phenoxy) is 4. The first kappa shape index (κ1) is 29.2. The van der Waals surface area contributed by atoms with E-state index in [2.05, 4.69) is 10.2 Å². The van der Waals surface area contributed by atoms with E-state index >= 15 is 0 Å². The Hall–Kier alpha value is -3.84. The molecule has 1 unspecified atom stereocenters. The lowest BCUT2D eigenvalue weighted by Crippen LogP contribution is -2.74. The summed E-state index contributed by atoms with van der Waals surface area (Å²) in [5.41, 5.74) is -0.0473. The van der Waals surface area contributed by atoms with Crippen LogP contribution in [0.25, 0.3) is 0 Å². The molecule has 7 atom stereocenters. The molecule has 2 saturated heterocycles. The van der Waals surface area contributed by atoms with Gasteiger partial charge >= 0.3 is 18.0 Å². The van der Waals surface area contributed by atoms with Gasteiger partial charge in [-0.1, -0.05) is 6.07 Å². The number of nitrogens with one attached hydrogen (secondary N) is 1. The first-order valence-electron chi connectivity index (χ1n) is 14.6. The third kappa shape index (κ3) is 4.27. The lowest BCUT2D eigenvalue weighted by atomic mass is 9.50. The molecule has 0 radical (unpaired) electrons. The predicted molar refractivity (Wildman–Crippen MR) is 148 cm³/mol. The van der Waals surface area contributed by atoms with Crippen LogP contribution < -0.4 is 14.8 Å². The molecule has 2 amide bonds. The third-order valence-corrected chi connectivity index (χ3v) is 9.91. The van der Waals surface area contributed by atoms with Crippen molar-refractivity contribution in [1.29, 1.82) is 0 Å². The molecule has 3 heterocycles. The second-order valence-electron chi connectivity index (χ2n) is 12.2. The van der Waals surface area contributed by atoms with Crippen LogP contribution in [0.2, 0.25) is 0 Å². The molecule has 3 aliphatic heterocycles. The van der Waals surface area contributed by atoms with Gasteiger partial charge in [0.25, 0.3) is 0 Å². The molecule has 6 rings (SSSR count). The van der Waals surface area contributed by atoms with Crippen LogP contribution >= 0.6 is 0 Å². The van der Waals surface area contributed by atoms with Crippen molar-refractivity contribution in [3.05, 3.63) is 35.1 Å². The van der Waals surface area contributed by atoms with Crippen molar-refractivity contribution in [3.63, 3.8) is 0 Å². The van der Waals surface area contributed by atoms with E-state index in [-0.39, 0.29) is 24.8 Å². The van der Waals surface area contributed by atoms with E-state index in [1.165, 1.54) is 13.8 Å². The van der Waals surface area contributed by atoms with Gasteiger partial charge in [0.15, 0.2) is 23.7 Å². The average Bonchev–Trinajstić information content (AvgIpc) is 3.60. The first-order chi connectivity index (χ1) is 20.4. The van der Waals surface area contributed by atoms with Crippen molar-refractivity contribution < 1.29 is 48.3 Å². The summed E-state index contributed by atoms with van der Waals surface area (Å²) < 4.78 is 23.2. The number of rotatable bonds is 7. The lowest BCUT2D eigenvalue weighted by molar-refractivity contribution is -0.176. The fraction of sp³-hybridized carbons (Fsp3) is 0.600. The van der Waals surface area contributed by atoms with E-state index in [0.717, 1.165) is 16.0 Å². The minimum atomic E-state index is -1.32. The molecule has 2 fully saturated rings. The van der Waals surface area contributed by atoms with E-state index in [9.17, 15) is 29.4 Å². The molecule has 13 nitrogen and oxygen atoms in total. The third-order valence-electron chi connectivity index (χ3n) is 9.91. The fourth-order valence-electron chi connectivity index (χ4n) is 7.75. The Morgan fingerprint density at radius 1 is 1.16 bits per heavy atom. The molecule has 232 valence electrons. The van der Waals surface area contributed by atoms with E-state index in [0.29, 0.717) is 43.7 Å². The number of piperidine rings is 1. The summed E-state index contributed by atoms with van der Waals surface area (Å²) in [6.07, 6.45) is 0.735. The van der Waals surface area contributed by atoms with Crippen LogP contribution in [0.1, 0.15) is 50.7 Å². The van der Waals surface area contributed by atoms with Gasteiger partial charge in [-0.15, -0.1) is 0 Å². The molecule has 2 bridgehead atoms. The van der Waals surface area contributed by atoms with Gasteiger partial charge in [-0.3, -0.25) is 9.69 Å². The highest BCUT2D eigenvalue weighted by atomic mass is 16.6. The Balaban J connectivity index is 1.17. The number of likely N-dealkylation sites (tertiary alicyclic amines) is 2. The number of aliphatic hydroxyl groups is 1. The first-order valence-corrected chi connectivity index (χ1v) is 14.6. The Bertz CT molecular complexity index is 1410. The maximum absolute atomic E-state index is 13.2. The van der Waals surface area contributed by atoms with E-state index in [1.807, 2.05) is 19.2 Å². The van der Waals surface area contributed by atoms with Crippen LogP contribution in [0.5, 0.6) is 11.5 Å². The molecular weight excluding hydrogens is 562 g/mol. The van der Waals surface area contributed by atoms with Crippen LogP contribution in [0.4, 0.5) is 4.79 Å². The summed E-state index contributed by atoms with van der Waals surface area (Å²) in [4.78, 5) is 53.2. The summed E-state index contributed by atoms with van der Waals surface area (Å²) >= 11 is 0. The Morgan fingerprint density at radius 3 is 2.65 bits per heavy atom. The van der Waals surface area contributed by atoms with Gasteiger partial charge in [-0.2, -0.15) is 0 Å². The number of carboxylic acid groups (broad SMARTS) is 1. The highest BCUT2D eigenvalue weighted by molar-refractivity contribution is 5.90. The van der Waals surface area contributed by atoms with Gasteiger partial charge in [0.1, 0.15) is 17.8 Å². The molecule has 13 heteroatoms. The number of esters is 2. The van der Waals surface area contributed by atoms with Gasteiger partial charge in [0.05, 0.1) is 18.1 Å². The minimum Gasteiger partial charge on any atom is -0.493 e. The fourth-order valence-corrected chi connectivity index (χ4v) is 7.75. The van der Waals surface area contributed by atoms with Crippen molar-refractivity contribution in [1.82, 2.24) is 15.1 Å². The average molecular weight is 600 g/mol. The summed E-state index contributed by atoms with van der Waals surface area (Å²) in [6.45, 7) is 3.72. The number of hydrogen-bond acceptors (Lipinski definition) is 10. The number of benzene rings is 1. The minimum absolute atomic E-state index is 0.156. The number of nitrogens with zero attached hydrogens (tertiary/aromatic N) is 2. The second-order valence-corrected chi connectivity index (χ2v) is 12.2. The van der Waals surface area contributed by atoms with Gasteiger partial charge < -0.3 is 39.4 Å². The van der Waals surface area contributed by atoms with Crippen LogP contribution in [-0.4, -0.2) is 107 Å². The van der Waals surface area contributed by atoms with E-state index in [4.69, 9.17) is 18.9 Å². The SMILES string of the molecule is COc1ccc2c3c1O[C@H]1C(OC(=O)[C@H](C)OC(=O)[C@H](C)NC(=O)C4CCCN4C(=O)O)=CC[C@@]4(O)[C@@H](C2)N(C)CC[C@]314. The smallest absolute Gasteiger partial charge is 0.407 e. The van der Waals surface area contributed by atoms with Gasteiger partial charge in [0, 0.05) is 24.6 Å². The number of carbonyl (C=O) groups is 4. The van der Waals surface area contributed by atoms with E-state index < -0.39 is 59.2 Å².